The average molecular weight is 380 g/mol. The summed E-state index contributed by atoms with van der Waals surface area (Å²) in [6.07, 6.45) is 7.04. The molecule has 1 aromatic rings. The van der Waals surface area contributed by atoms with Crippen molar-refractivity contribution >= 4 is 12.0 Å². The van der Waals surface area contributed by atoms with Gasteiger partial charge in [0.1, 0.15) is 17.7 Å². The molecule has 1 saturated heterocycles. The van der Waals surface area contributed by atoms with E-state index in [9.17, 15) is 18.0 Å². The molecular formula is C17H19F3N6O. The van der Waals surface area contributed by atoms with Crippen LogP contribution in [0.15, 0.2) is 36.1 Å². The molecule has 7 nitrogen and oxygen atoms in total. The van der Waals surface area contributed by atoms with Gasteiger partial charge in [0.15, 0.2) is 5.82 Å². The van der Waals surface area contributed by atoms with Crippen molar-refractivity contribution < 1.29 is 18.0 Å². The third kappa shape index (κ3) is 3.70. The summed E-state index contributed by atoms with van der Waals surface area (Å²) in [5.41, 5.74) is 3.68. The highest BCUT2D eigenvalue weighted by molar-refractivity contribution is 5.94. The van der Waals surface area contributed by atoms with Crippen LogP contribution < -0.4 is 16.1 Å². The van der Waals surface area contributed by atoms with E-state index in [1.807, 2.05) is 11.0 Å². The number of aromatic nitrogens is 2. The average Bonchev–Trinajstić information content (AvgIpc) is 3.05. The SMILES string of the molecule is O=C(NC1=CNCC(F)=C1)c1cnc2n1NC(N1CCC(F)(F)CC1)C=C2. The molecule has 144 valence electrons. The first-order valence-corrected chi connectivity index (χ1v) is 8.67. The summed E-state index contributed by atoms with van der Waals surface area (Å²) in [4.78, 5) is 18.6. The normalized spacial score (nSPS) is 24.2. The first-order valence-electron chi connectivity index (χ1n) is 8.67. The second-order valence-corrected chi connectivity index (χ2v) is 6.69. The fraction of sp³-hybridized carbons (Fsp3) is 0.412. The number of carbonyl (C=O) groups excluding carboxylic acids is 1. The van der Waals surface area contributed by atoms with Gasteiger partial charge in [-0.1, -0.05) is 0 Å². The highest BCUT2D eigenvalue weighted by Gasteiger charge is 2.36. The summed E-state index contributed by atoms with van der Waals surface area (Å²) in [6.45, 7) is 0.594. The highest BCUT2D eigenvalue weighted by Crippen LogP contribution is 2.29. The van der Waals surface area contributed by atoms with E-state index in [1.54, 1.807) is 6.08 Å². The van der Waals surface area contributed by atoms with E-state index in [4.69, 9.17) is 0 Å². The second-order valence-electron chi connectivity index (χ2n) is 6.69. The zero-order chi connectivity index (χ0) is 19.0. The number of dihydropyridines is 1. The number of carbonyl (C=O) groups is 1. The van der Waals surface area contributed by atoms with Crippen molar-refractivity contribution in [3.8, 4) is 0 Å². The molecule has 3 aliphatic heterocycles. The van der Waals surface area contributed by atoms with E-state index < -0.39 is 11.8 Å². The van der Waals surface area contributed by atoms with Crippen LogP contribution in [0.3, 0.4) is 0 Å². The maximum Gasteiger partial charge on any atom is 0.275 e. The van der Waals surface area contributed by atoms with Crippen molar-refractivity contribution in [2.75, 3.05) is 25.1 Å². The van der Waals surface area contributed by atoms with E-state index in [1.165, 1.54) is 23.1 Å². The number of imidazole rings is 1. The Morgan fingerprint density at radius 1 is 1.33 bits per heavy atom. The molecule has 1 fully saturated rings. The number of fused-ring (bicyclic) bond motifs is 1. The Labute approximate surface area is 153 Å². The maximum absolute atomic E-state index is 13.4. The Morgan fingerprint density at radius 2 is 2.11 bits per heavy atom. The van der Waals surface area contributed by atoms with Crippen LogP contribution in [0.1, 0.15) is 29.2 Å². The number of alkyl halides is 2. The van der Waals surface area contributed by atoms with Gasteiger partial charge in [0.05, 0.1) is 18.4 Å². The molecule has 0 saturated carbocycles. The Bertz CT molecular complexity index is 834. The number of nitrogens with one attached hydrogen (secondary N) is 3. The third-order valence-electron chi connectivity index (χ3n) is 4.73. The van der Waals surface area contributed by atoms with E-state index in [0.717, 1.165) is 0 Å². The Balaban J connectivity index is 1.47. The molecule has 3 aliphatic rings. The molecule has 1 unspecified atom stereocenters. The number of hydrogen-bond acceptors (Lipinski definition) is 5. The summed E-state index contributed by atoms with van der Waals surface area (Å²) in [6, 6.07) is 0. The Kier molecular flexibility index (Phi) is 4.42. The molecule has 1 amide bonds. The minimum atomic E-state index is -2.62. The number of likely N-dealkylation sites (tertiary alicyclic amines) is 1. The fourth-order valence-corrected chi connectivity index (χ4v) is 3.25. The number of allylic oxidation sites excluding steroid dienone is 1. The molecule has 0 bridgehead atoms. The summed E-state index contributed by atoms with van der Waals surface area (Å²) in [5, 5.41) is 5.33. The summed E-state index contributed by atoms with van der Waals surface area (Å²) >= 11 is 0. The maximum atomic E-state index is 13.4. The number of rotatable bonds is 3. The molecule has 0 aromatic carbocycles. The zero-order valence-corrected chi connectivity index (χ0v) is 14.4. The number of piperidine rings is 1. The van der Waals surface area contributed by atoms with Gasteiger partial charge in [0, 0.05) is 32.1 Å². The molecule has 4 heterocycles. The Morgan fingerprint density at radius 3 is 2.85 bits per heavy atom. The molecule has 0 spiro atoms. The van der Waals surface area contributed by atoms with Crippen LogP contribution in [-0.4, -0.2) is 52.2 Å². The molecule has 4 rings (SSSR count). The van der Waals surface area contributed by atoms with Crippen LogP contribution in [0.4, 0.5) is 13.2 Å². The monoisotopic (exact) mass is 380 g/mol. The van der Waals surface area contributed by atoms with E-state index in [2.05, 4.69) is 21.0 Å². The van der Waals surface area contributed by atoms with Crippen molar-refractivity contribution in [3.05, 3.63) is 47.6 Å². The van der Waals surface area contributed by atoms with E-state index >= 15 is 0 Å². The quantitative estimate of drug-likeness (QED) is 0.742. The zero-order valence-electron chi connectivity index (χ0n) is 14.4. The van der Waals surface area contributed by atoms with Gasteiger partial charge in [-0.15, -0.1) is 0 Å². The topological polar surface area (TPSA) is 74.2 Å². The Hall–Kier alpha value is -2.75. The molecule has 0 radical (unpaired) electrons. The van der Waals surface area contributed by atoms with Gasteiger partial charge in [0.25, 0.3) is 11.8 Å². The lowest BCUT2D eigenvalue weighted by molar-refractivity contribution is -0.0587. The molecule has 0 aliphatic carbocycles. The van der Waals surface area contributed by atoms with Gasteiger partial charge in [-0.3, -0.25) is 9.69 Å². The number of halogens is 3. The number of hydrogen-bond donors (Lipinski definition) is 3. The largest absolute Gasteiger partial charge is 0.383 e. The van der Waals surface area contributed by atoms with Gasteiger partial charge in [-0.2, -0.15) is 0 Å². The molecule has 1 aromatic heterocycles. The van der Waals surface area contributed by atoms with Crippen molar-refractivity contribution in [3.63, 3.8) is 0 Å². The second kappa shape index (κ2) is 6.76. The first-order chi connectivity index (χ1) is 12.9. The molecule has 1 atom stereocenters. The van der Waals surface area contributed by atoms with Crippen LogP contribution >= 0.6 is 0 Å². The van der Waals surface area contributed by atoms with Gasteiger partial charge in [0.2, 0.25) is 0 Å². The lowest BCUT2D eigenvalue weighted by Gasteiger charge is -2.38. The predicted molar refractivity (Wildman–Crippen MR) is 92.9 cm³/mol. The third-order valence-corrected chi connectivity index (χ3v) is 4.73. The van der Waals surface area contributed by atoms with Crippen LogP contribution in [-0.2, 0) is 0 Å². The summed E-state index contributed by atoms with van der Waals surface area (Å²) in [7, 11) is 0. The smallest absolute Gasteiger partial charge is 0.275 e. The van der Waals surface area contributed by atoms with Crippen LogP contribution in [0, 0.1) is 0 Å². The van der Waals surface area contributed by atoms with Crippen molar-refractivity contribution in [1.29, 1.82) is 0 Å². The van der Waals surface area contributed by atoms with Crippen molar-refractivity contribution in [2.24, 2.45) is 0 Å². The fourth-order valence-electron chi connectivity index (χ4n) is 3.25. The lowest BCUT2D eigenvalue weighted by atomic mass is 10.1. The molecule has 3 N–H and O–H groups in total. The first kappa shape index (κ1) is 17.7. The van der Waals surface area contributed by atoms with Gasteiger partial charge >= 0.3 is 0 Å². The minimum absolute atomic E-state index is 0.0877. The van der Waals surface area contributed by atoms with Gasteiger partial charge in [-0.25, -0.2) is 22.8 Å². The minimum Gasteiger partial charge on any atom is -0.383 e. The van der Waals surface area contributed by atoms with Crippen LogP contribution in [0.5, 0.6) is 0 Å². The summed E-state index contributed by atoms with van der Waals surface area (Å²) in [5.74, 6) is -2.94. The van der Waals surface area contributed by atoms with Gasteiger partial charge < -0.3 is 16.1 Å². The van der Waals surface area contributed by atoms with Gasteiger partial charge in [-0.05, 0) is 18.2 Å². The highest BCUT2D eigenvalue weighted by atomic mass is 19.3. The van der Waals surface area contributed by atoms with E-state index in [-0.39, 0.29) is 50.2 Å². The lowest BCUT2D eigenvalue weighted by Crippen LogP contribution is -2.50. The van der Waals surface area contributed by atoms with E-state index in [0.29, 0.717) is 11.5 Å². The molecule has 10 heteroatoms. The van der Waals surface area contributed by atoms with Crippen LogP contribution in [0.25, 0.3) is 6.08 Å². The molecular weight excluding hydrogens is 361 g/mol. The van der Waals surface area contributed by atoms with Crippen molar-refractivity contribution in [2.45, 2.75) is 24.9 Å². The summed E-state index contributed by atoms with van der Waals surface area (Å²) < 4.78 is 41.6. The standard InChI is InChI=1S/C17H19F3N6O/c18-11-7-12(9-21-8-11)23-16(27)13-10-22-14-1-2-15(24-26(13)14)25-5-3-17(19,20)4-6-25/h1-2,7,9-10,15,21,24H,3-6,8H2,(H,23,27). The number of nitrogens with zero attached hydrogens (tertiary/aromatic N) is 3. The van der Waals surface area contributed by atoms with Crippen molar-refractivity contribution in [1.82, 2.24) is 25.2 Å². The van der Waals surface area contributed by atoms with Crippen LogP contribution in [0.2, 0.25) is 0 Å². The molecule has 27 heavy (non-hydrogen) atoms. The number of amides is 1. The predicted octanol–water partition coefficient (Wildman–Crippen LogP) is 1.54.